The molecular weight excluding hydrogens is 304 g/mol. The molecule has 0 saturated heterocycles. The van der Waals surface area contributed by atoms with Gasteiger partial charge >= 0.3 is 11.8 Å². The van der Waals surface area contributed by atoms with Crippen LogP contribution in [-0.2, 0) is 9.59 Å². The van der Waals surface area contributed by atoms with Gasteiger partial charge < -0.3 is 15.4 Å². The van der Waals surface area contributed by atoms with E-state index in [0.717, 1.165) is 6.42 Å². The van der Waals surface area contributed by atoms with Gasteiger partial charge in [0, 0.05) is 12.2 Å². The summed E-state index contributed by atoms with van der Waals surface area (Å²) in [5.41, 5.74) is 0.563. The molecular formula is C19H26N2O3. The van der Waals surface area contributed by atoms with Gasteiger partial charge in [-0.15, -0.1) is 0 Å². The maximum Gasteiger partial charge on any atom is 0.313 e. The molecule has 24 heavy (non-hydrogen) atoms. The zero-order valence-electron chi connectivity index (χ0n) is 14.1. The van der Waals surface area contributed by atoms with Crippen LogP contribution in [0.4, 0.5) is 5.69 Å². The summed E-state index contributed by atoms with van der Waals surface area (Å²) in [4.78, 5) is 23.7. The van der Waals surface area contributed by atoms with Gasteiger partial charge in [-0.25, -0.2) is 0 Å². The van der Waals surface area contributed by atoms with E-state index >= 15 is 0 Å². The fourth-order valence-electron chi connectivity index (χ4n) is 2.92. The van der Waals surface area contributed by atoms with E-state index in [4.69, 9.17) is 4.74 Å². The molecule has 5 nitrogen and oxygen atoms in total. The maximum atomic E-state index is 11.9. The van der Waals surface area contributed by atoms with Crippen molar-refractivity contribution in [2.75, 3.05) is 18.5 Å². The van der Waals surface area contributed by atoms with Crippen molar-refractivity contribution in [3.8, 4) is 5.75 Å². The minimum absolute atomic E-state index is 0.426. The van der Waals surface area contributed by atoms with Gasteiger partial charge in [-0.1, -0.05) is 44.8 Å². The third kappa shape index (κ3) is 6.07. The average Bonchev–Trinajstić information content (AvgIpc) is 2.62. The lowest BCUT2D eigenvalue weighted by Crippen LogP contribution is -2.36. The molecule has 2 rings (SSSR count). The highest BCUT2D eigenvalue weighted by atomic mass is 16.5. The Balaban J connectivity index is 1.70. The largest absolute Gasteiger partial charge is 0.490 e. The number of carbonyl (C=O) groups is 2. The molecule has 0 heterocycles. The normalized spacial score (nSPS) is 14.7. The molecule has 0 aromatic heterocycles. The summed E-state index contributed by atoms with van der Waals surface area (Å²) in [6.45, 7) is 4.57. The number of rotatable bonds is 7. The molecule has 0 spiro atoms. The Morgan fingerprint density at radius 1 is 1.12 bits per heavy atom. The summed E-state index contributed by atoms with van der Waals surface area (Å²) in [6.07, 6.45) is 8.98. The first-order valence-corrected chi connectivity index (χ1v) is 8.62. The number of carbonyl (C=O) groups excluding carboxylic acids is 2. The SMILES string of the molecule is C=CCOc1ccc(NC(=O)C(=O)NCCC2CCCCC2)cc1. The zero-order chi connectivity index (χ0) is 17.2. The lowest BCUT2D eigenvalue weighted by atomic mass is 9.87. The van der Waals surface area contributed by atoms with E-state index in [1.54, 1.807) is 30.3 Å². The second-order valence-corrected chi connectivity index (χ2v) is 6.13. The molecule has 1 aliphatic carbocycles. The third-order valence-corrected chi connectivity index (χ3v) is 4.25. The molecule has 130 valence electrons. The van der Waals surface area contributed by atoms with Crippen LogP contribution in [0, 0.1) is 5.92 Å². The van der Waals surface area contributed by atoms with Crippen molar-refractivity contribution < 1.29 is 14.3 Å². The quantitative estimate of drug-likeness (QED) is 0.595. The van der Waals surface area contributed by atoms with E-state index in [2.05, 4.69) is 17.2 Å². The average molecular weight is 330 g/mol. The zero-order valence-corrected chi connectivity index (χ0v) is 14.1. The molecule has 0 radical (unpaired) electrons. The highest BCUT2D eigenvalue weighted by Gasteiger charge is 2.16. The number of hydrogen-bond acceptors (Lipinski definition) is 3. The molecule has 1 fully saturated rings. The maximum absolute atomic E-state index is 11.9. The molecule has 0 unspecified atom stereocenters. The number of benzene rings is 1. The molecule has 2 N–H and O–H groups in total. The van der Waals surface area contributed by atoms with Crippen molar-refractivity contribution in [2.24, 2.45) is 5.92 Å². The monoisotopic (exact) mass is 330 g/mol. The summed E-state index contributed by atoms with van der Waals surface area (Å²) in [5, 5.41) is 5.29. The first-order chi connectivity index (χ1) is 11.7. The van der Waals surface area contributed by atoms with Gasteiger partial charge in [0.15, 0.2) is 0 Å². The van der Waals surface area contributed by atoms with Gasteiger partial charge in [-0.2, -0.15) is 0 Å². The molecule has 1 saturated carbocycles. The summed E-state index contributed by atoms with van der Waals surface area (Å²) >= 11 is 0. The van der Waals surface area contributed by atoms with Crippen LogP contribution in [0.1, 0.15) is 38.5 Å². The van der Waals surface area contributed by atoms with E-state index < -0.39 is 11.8 Å². The van der Waals surface area contributed by atoms with Crippen LogP contribution in [-0.4, -0.2) is 25.0 Å². The van der Waals surface area contributed by atoms with Crippen molar-refractivity contribution in [1.29, 1.82) is 0 Å². The molecule has 0 atom stereocenters. The molecule has 1 aliphatic rings. The standard InChI is InChI=1S/C19H26N2O3/c1-2-14-24-17-10-8-16(9-11-17)21-19(23)18(22)20-13-12-15-6-4-3-5-7-15/h2,8-11,15H,1,3-7,12-14H2,(H,20,22)(H,21,23). The highest BCUT2D eigenvalue weighted by Crippen LogP contribution is 2.25. The van der Waals surface area contributed by atoms with E-state index in [1.165, 1.54) is 32.1 Å². The Bertz CT molecular complexity index is 548. The van der Waals surface area contributed by atoms with Crippen LogP contribution in [0.25, 0.3) is 0 Å². The Morgan fingerprint density at radius 2 is 1.83 bits per heavy atom. The fourth-order valence-corrected chi connectivity index (χ4v) is 2.92. The van der Waals surface area contributed by atoms with Crippen LogP contribution in [0.15, 0.2) is 36.9 Å². The molecule has 1 aromatic rings. The predicted molar refractivity (Wildman–Crippen MR) is 95.0 cm³/mol. The summed E-state index contributed by atoms with van der Waals surface area (Å²) in [6, 6.07) is 6.87. The fraction of sp³-hybridized carbons (Fsp3) is 0.474. The van der Waals surface area contributed by atoms with Crippen molar-refractivity contribution in [3.63, 3.8) is 0 Å². The van der Waals surface area contributed by atoms with Crippen LogP contribution in [0.5, 0.6) is 5.75 Å². The number of nitrogens with one attached hydrogen (secondary N) is 2. The minimum atomic E-state index is -0.640. The lowest BCUT2D eigenvalue weighted by molar-refractivity contribution is -0.136. The number of ether oxygens (including phenoxy) is 1. The Morgan fingerprint density at radius 3 is 2.50 bits per heavy atom. The summed E-state index contributed by atoms with van der Waals surface area (Å²) < 4.78 is 5.36. The Hall–Kier alpha value is -2.30. The van der Waals surface area contributed by atoms with Crippen LogP contribution in [0.3, 0.4) is 0 Å². The smallest absolute Gasteiger partial charge is 0.313 e. The molecule has 0 aliphatic heterocycles. The second-order valence-electron chi connectivity index (χ2n) is 6.13. The molecule has 5 heteroatoms. The summed E-state index contributed by atoms with van der Waals surface area (Å²) in [7, 11) is 0. The lowest BCUT2D eigenvalue weighted by Gasteiger charge is -2.21. The summed E-state index contributed by atoms with van der Waals surface area (Å²) in [5.74, 6) is 0.145. The van der Waals surface area contributed by atoms with Crippen LogP contribution in [0.2, 0.25) is 0 Å². The third-order valence-electron chi connectivity index (χ3n) is 4.25. The van der Waals surface area contributed by atoms with Gasteiger partial charge in [-0.3, -0.25) is 9.59 Å². The highest BCUT2D eigenvalue weighted by molar-refractivity contribution is 6.39. The number of hydrogen-bond donors (Lipinski definition) is 2. The topological polar surface area (TPSA) is 67.4 Å². The Kier molecular flexibility index (Phi) is 7.33. The first kappa shape index (κ1) is 18.0. The van der Waals surface area contributed by atoms with E-state index in [0.29, 0.717) is 30.5 Å². The number of amides is 2. The molecule has 1 aromatic carbocycles. The van der Waals surface area contributed by atoms with Crippen molar-refractivity contribution in [3.05, 3.63) is 36.9 Å². The van der Waals surface area contributed by atoms with Gasteiger partial charge in [0.2, 0.25) is 0 Å². The van der Waals surface area contributed by atoms with Gasteiger partial charge in [0.25, 0.3) is 0 Å². The predicted octanol–water partition coefficient (Wildman–Crippen LogP) is 3.28. The number of anilines is 1. The van der Waals surface area contributed by atoms with Crippen LogP contribution >= 0.6 is 0 Å². The second kappa shape index (κ2) is 9.75. The van der Waals surface area contributed by atoms with Crippen molar-refractivity contribution in [2.45, 2.75) is 38.5 Å². The van der Waals surface area contributed by atoms with E-state index in [9.17, 15) is 9.59 Å². The van der Waals surface area contributed by atoms with Crippen molar-refractivity contribution in [1.82, 2.24) is 5.32 Å². The Labute approximate surface area is 143 Å². The van der Waals surface area contributed by atoms with Gasteiger partial charge in [0.05, 0.1) is 0 Å². The first-order valence-electron chi connectivity index (χ1n) is 8.62. The minimum Gasteiger partial charge on any atom is -0.490 e. The van der Waals surface area contributed by atoms with Crippen LogP contribution < -0.4 is 15.4 Å². The molecule has 0 bridgehead atoms. The van der Waals surface area contributed by atoms with Gasteiger partial charge in [0.1, 0.15) is 12.4 Å². The van der Waals surface area contributed by atoms with Crippen molar-refractivity contribution >= 4 is 17.5 Å². The van der Waals surface area contributed by atoms with Gasteiger partial charge in [-0.05, 0) is 36.6 Å². The van der Waals surface area contributed by atoms with E-state index in [1.807, 2.05) is 0 Å². The molecule has 2 amide bonds. The van der Waals surface area contributed by atoms with E-state index in [-0.39, 0.29) is 0 Å².